The van der Waals surface area contributed by atoms with E-state index in [-0.39, 0.29) is 17.1 Å². The van der Waals surface area contributed by atoms with Crippen molar-refractivity contribution in [2.45, 2.75) is 49.3 Å². The van der Waals surface area contributed by atoms with Crippen LogP contribution in [0.3, 0.4) is 0 Å². The van der Waals surface area contributed by atoms with Crippen LogP contribution in [0.2, 0.25) is 5.02 Å². The minimum absolute atomic E-state index is 0.0114. The van der Waals surface area contributed by atoms with E-state index < -0.39 is 6.04 Å². The van der Waals surface area contributed by atoms with Crippen molar-refractivity contribution in [3.05, 3.63) is 29.3 Å². The highest BCUT2D eigenvalue weighted by Gasteiger charge is 2.35. The van der Waals surface area contributed by atoms with Gasteiger partial charge in [-0.2, -0.15) is 0 Å². The Labute approximate surface area is 146 Å². The summed E-state index contributed by atoms with van der Waals surface area (Å²) in [5, 5.41) is 0.415. The zero-order valence-electron chi connectivity index (χ0n) is 13.5. The predicted molar refractivity (Wildman–Crippen MR) is 92.8 cm³/mol. The lowest BCUT2D eigenvalue weighted by atomic mass is 10.0. The number of likely N-dealkylation sites (tertiary alicyclic amines) is 1. The van der Waals surface area contributed by atoms with Crippen molar-refractivity contribution < 1.29 is 14.3 Å². The molecule has 0 aromatic heterocycles. The van der Waals surface area contributed by atoms with Crippen LogP contribution in [-0.4, -0.2) is 41.2 Å². The minimum atomic E-state index is -0.440. The maximum atomic E-state index is 12.8. The van der Waals surface area contributed by atoms with Crippen LogP contribution >= 0.6 is 23.4 Å². The van der Waals surface area contributed by atoms with E-state index in [1.165, 1.54) is 11.8 Å². The van der Waals surface area contributed by atoms with Gasteiger partial charge in [-0.25, -0.2) is 4.79 Å². The van der Waals surface area contributed by atoms with E-state index in [2.05, 4.69) is 0 Å². The quantitative estimate of drug-likeness (QED) is 0.596. The Hall–Kier alpha value is -1.20. The molecule has 126 valence electrons. The summed E-state index contributed by atoms with van der Waals surface area (Å²) in [5.41, 5.74) is 0. The molecule has 2 rings (SSSR count). The van der Waals surface area contributed by atoms with Crippen molar-refractivity contribution in [2.75, 3.05) is 13.2 Å². The van der Waals surface area contributed by atoms with Gasteiger partial charge in [0.2, 0.25) is 5.91 Å². The zero-order chi connectivity index (χ0) is 16.8. The minimum Gasteiger partial charge on any atom is -0.464 e. The van der Waals surface area contributed by atoms with Crippen molar-refractivity contribution in [1.82, 2.24) is 4.90 Å². The summed E-state index contributed by atoms with van der Waals surface area (Å²) in [4.78, 5) is 27.5. The number of carbonyl (C=O) groups excluding carboxylic acids is 2. The molecule has 0 saturated carbocycles. The highest BCUT2D eigenvalue weighted by atomic mass is 35.5. The van der Waals surface area contributed by atoms with Crippen molar-refractivity contribution in [2.24, 2.45) is 0 Å². The van der Waals surface area contributed by atoms with Crippen LogP contribution in [0.25, 0.3) is 0 Å². The highest BCUT2D eigenvalue weighted by molar-refractivity contribution is 8.00. The molecule has 2 unspecified atom stereocenters. The summed E-state index contributed by atoms with van der Waals surface area (Å²) in [6.45, 7) is 4.62. The summed E-state index contributed by atoms with van der Waals surface area (Å²) in [6, 6.07) is 6.97. The number of carbonyl (C=O) groups is 2. The second-order valence-corrected chi connectivity index (χ2v) is 7.36. The molecule has 1 heterocycles. The molecule has 0 N–H and O–H groups in total. The number of esters is 1. The van der Waals surface area contributed by atoms with Gasteiger partial charge in [-0.3, -0.25) is 4.79 Å². The number of nitrogens with zero attached hydrogens (tertiary/aromatic N) is 1. The van der Waals surface area contributed by atoms with Crippen molar-refractivity contribution in [3.8, 4) is 0 Å². The van der Waals surface area contributed by atoms with E-state index in [0.29, 0.717) is 24.6 Å². The number of benzene rings is 1. The van der Waals surface area contributed by atoms with Crippen molar-refractivity contribution in [1.29, 1.82) is 0 Å². The SMILES string of the molecule is CCOC(=O)C1CCCCN1C(=O)C(C)Sc1ccc(Cl)cc1. The predicted octanol–water partition coefficient (Wildman–Crippen LogP) is 3.76. The first-order valence-electron chi connectivity index (χ1n) is 7.92. The molecule has 4 nitrogen and oxygen atoms in total. The average Bonchev–Trinajstić information content (AvgIpc) is 2.56. The van der Waals surface area contributed by atoms with E-state index in [1.807, 2.05) is 31.2 Å². The lowest BCUT2D eigenvalue weighted by molar-refractivity contribution is -0.156. The van der Waals surface area contributed by atoms with Crippen LogP contribution in [0.1, 0.15) is 33.1 Å². The lowest BCUT2D eigenvalue weighted by Gasteiger charge is -2.35. The number of amides is 1. The van der Waals surface area contributed by atoms with Crippen molar-refractivity contribution >= 4 is 35.2 Å². The lowest BCUT2D eigenvalue weighted by Crippen LogP contribution is -2.51. The van der Waals surface area contributed by atoms with Crippen LogP contribution in [0, 0.1) is 0 Å². The number of thioether (sulfide) groups is 1. The molecule has 1 saturated heterocycles. The van der Waals surface area contributed by atoms with Gasteiger partial charge < -0.3 is 9.64 Å². The molecule has 0 radical (unpaired) electrons. The van der Waals surface area contributed by atoms with Crippen LogP contribution in [0.5, 0.6) is 0 Å². The summed E-state index contributed by atoms with van der Waals surface area (Å²) in [6.07, 6.45) is 2.56. The van der Waals surface area contributed by atoms with Crippen LogP contribution in [0.15, 0.2) is 29.2 Å². The molecule has 0 aliphatic carbocycles. The van der Waals surface area contributed by atoms with Gasteiger partial charge in [0.15, 0.2) is 0 Å². The van der Waals surface area contributed by atoms with Gasteiger partial charge in [0.25, 0.3) is 0 Å². The van der Waals surface area contributed by atoms with Gasteiger partial charge in [-0.1, -0.05) is 11.6 Å². The molecule has 23 heavy (non-hydrogen) atoms. The van der Waals surface area contributed by atoms with Gasteiger partial charge in [0.05, 0.1) is 11.9 Å². The molecular formula is C17H22ClNO3S. The Morgan fingerprint density at radius 1 is 1.35 bits per heavy atom. The molecule has 1 aromatic rings. The van der Waals surface area contributed by atoms with E-state index in [1.54, 1.807) is 11.8 Å². The zero-order valence-corrected chi connectivity index (χ0v) is 15.0. The monoisotopic (exact) mass is 355 g/mol. The Morgan fingerprint density at radius 2 is 2.04 bits per heavy atom. The number of hydrogen-bond acceptors (Lipinski definition) is 4. The molecule has 1 aliphatic rings. The molecule has 1 amide bonds. The third-order valence-corrected chi connectivity index (χ3v) is 5.17. The molecule has 1 fully saturated rings. The van der Waals surface area contributed by atoms with E-state index in [4.69, 9.17) is 16.3 Å². The number of piperidine rings is 1. The summed E-state index contributed by atoms with van der Waals surface area (Å²) >= 11 is 7.36. The van der Waals surface area contributed by atoms with Gasteiger partial charge in [0.1, 0.15) is 6.04 Å². The number of rotatable bonds is 5. The number of halogens is 1. The Bertz CT molecular complexity index is 549. The largest absolute Gasteiger partial charge is 0.464 e. The van der Waals surface area contributed by atoms with Gasteiger partial charge >= 0.3 is 5.97 Å². The van der Waals surface area contributed by atoms with Crippen LogP contribution in [0.4, 0.5) is 0 Å². The molecular weight excluding hydrogens is 334 g/mol. The van der Waals surface area contributed by atoms with E-state index in [0.717, 1.165) is 17.7 Å². The first kappa shape index (κ1) is 18.1. The van der Waals surface area contributed by atoms with Crippen LogP contribution < -0.4 is 0 Å². The molecule has 1 aliphatic heterocycles. The van der Waals surface area contributed by atoms with Gasteiger partial charge in [-0.15, -0.1) is 11.8 Å². The molecule has 0 bridgehead atoms. The fourth-order valence-corrected chi connectivity index (χ4v) is 3.74. The molecule has 2 atom stereocenters. The second kappa shape index (κ2) is 8.60. The van der Waals surface area contributed by atoms with Crippen LogP contribution in [-0.2, 0) is 14.3 Å². The first-order chi connectivity index (χ1) is 11.0. The summed E-state index contributed by atoms with van der Waals surface area (Å²) < 4.78 is 5.12. The van der Waals surface area contributed by atoms with Gasteiger partial charge in [-0.05, 0) is 57.4 Å². The third kappa shape index (κ3) is 4.88. The Kier molecular flexibility index (Phi) is 6.78. The topological polar surface area (TPSA) is 46.6 Å². The van der Waals surface area contributed by atoms with E-state index in [9.17, 15) is 9.59 Å². The third-order valence-electron chi connectivity index (χ3n) is 3.82. The highest BCUT2D eigenvalue weighted by Crippen LogP contribution is 2.28. The smallest absolute Gasteiger partial charge is 0.328 e. The normalized spacial score (nSPS) is 19.3. The molecule has 1 aromatic carbocycles. The van der Waals surface area contributed by atoms with Gasteiger partial charge in [0, 0.05) is 16.5 Å². The van der Waals surface area contributed by atoms with E-state index >= 15 is 0 Å². The molecule has 0 spiro atoms. The maximum Gasteiger partial charge on any atom is 0.328 e. The van der Waals surface area contributed by atoms with Crippen molar-refractivity contribution in [3.63, 3.8) is 0 Å². The standard InChI is InChI=1S/C17H22ClNO3S/c1-3-22-17(21)15-6-4-5-11-19(15)16(20)12(2)23-14-9-7-13(18)8-10-14/h7-10,12,15H,3-6,11H2,1-2H3. The fourth-order valence-electron chi connectivity index (χ4n) is 2.68. The first-order valence-corrected chi connectivity index (χ1v) is 9.18. The summed E-state index contributed by atoms with van der Waals surface area (Å²) in [5.74, 6) is -0.299. The molecule has 6 heteroatoms. The maximum absolute atomic E-state index is 12.8. The average molecular weight is 356 g/mol. The number of ether oxygens (including phenoxy) is 1. The number of hydrogen-bond donors (Lipinski definition) is 0. The fraction of sp³-hybridized carbons (Fsp3) is 0.529. The Balaban J connectivity index is 2.03. The Morgan fingerprint density at radius 3 is 2.70 bits per heavy atom. The second-order valence-electron chi connectivity index (χ2n) is 5.51. The summed E-state index contributed by atoms with van der Waals surface area (Å²) in [7, 11) is 0.